The first-order valence-corrected chi connectivity index (χ1v) is 13.3. The summed E-state index contributed by atoms with van der Waals surface area (Å²) >= 11 is 0. The molecule has 6 rings (SSSR count). The van der Waals surface area contributed by atoms with Gasteiger partial charge in [-0.2, -0.15) is 0 Å². The highest BCUT2D eigenvalue weighted by molar-refractivity contribution is 5.78. The zero-order chi connectivity index (χ0) is 26.9. The van der Waals surface area contributed by atoms with Crippen molar-refractivity contribution in [1.29, 1.82) is 0 Å². The number of phenols is 1. The number of fused-ring (bicyclic) bond motifs is 2. The van der Waals surface area contributed by atoms with Gasteiger partial charge in [-0.3, -0.25) is 9.36 Å². The van der Waals surface area contributed by atoms with Gasteiger partial charge in [0.1, 0.15) is 17.4 Å². The second-order valence-corrected chi connectivity index (χ2v) is 10.3. The number of hydrogen-bond donors (Lipinski definition) is 2. The Kier molecular flexibility index (Phi) is 6.74. The van der Waals surface area contributed by atoms with Crippen LogP contribution in [0, 0.1) is 11.7 Å². The molecule has 1 aliphatic heterocycles. The van der Waals surface area contributed by atoms with Crippen LogP contribution in [-0.2, 0) is 19.5 Å². The molecule has 5 aromatic rings. The van der Waals surface area contributed by atoms with Gasteiger partial charge >= 0.3 is 5.69 Å². The third kappa shape index (κ3) is 5.22. The summed E-state index contributed by atoms with van der Waals surface area (Å²) in [5.74, 6) is 1.30. The number of benzene rings is 3. The van der Waals surface area contributed by atoms with Crippen molar-refractivity contribution < 1.29 is 9.50 Å². The number of nitrogens with one attached hydrogen (secondary N) is 1. The predicted octanol–water partition coefficient (Wildman–Crippen LogP) is 3.89. The first-order chi connectivity index (χ1) is 18.9. The van der Waals surface area contributed by atoms with E-state index in [4.69, 9.17) is 4.98 Å². The maximum atomic E-state index is 13.5. The van der Waals surface area contributed by atoms with E-state index in [0.29, 0.717) is 36.5 Å². The first-order valence-electron chi connectivity index (χ1n) is 13.3. The van der Waals surface area contributed by atoms with Crippen LogP contribution in [0.25, 0.3) is 21.9 Å². The molecule has 8 nitrogen and oxygen atoms in total. The van der Waals surface area contributed by atoms with Crippen LogP contribution in [0.5, 0.6) is 5.75 Å². The standard InChI is InChI=1S/C30H30FN5O3/c31-22-7-5-21(6-8-22)19-36-27-18-23(37)9-10-26(27)32-28(36)17-20-11-13-34(14-12-20)15-16-35-29(38)24-3-1-2-4-25(24)33-30(35)39/h1-10,18,20,37H,11-17,19H2,(H,33,39). The molecule has 0 bridgehead atoms. The molecule has 2 aromatic heterocycles. The van der Waals surface area contributed by atoms with Gasteiger partial charge in [0.15, 0.2) is 0 Å². The summed E-state index contributed by atoms with van der Waals surface area (Å²) in [6.07, 6.45) is 2.76. The largest absolute Gasteiger partial charge is 0.508 e. The fraction of sp³-hybridized carbons (Fsp3) is 0.300. The second kappa shape index (κ2) is 10.5. The number of aromatic hydroxyl groups is 1. The highest BCUT2D eigenvalue weighted by Gasteiger charge is 2.23. The number of imidazole rings is 1. The van der Waals surface area contributed by atoms with Crippen molar-refractivity contribution >= 4 is 21.9 Å². The van der Waals surface area contributed by atoms with Gasteiger partial charge in [0, 0.05) is 32.1 Å². The van der Waals surface area contributed by atoms with E-state index in [-0.39, 0.29) is 22.8 Å². The van der Waals surface area contributed by atoms with Crippen LogP contribution in [0.4, 0.5) is 4.39 Å². The van der Waals surface area contributed by atoms with Crippen molar-refractivity contribution in [2.24, 2.45) is 5.92 Å². The molecule has 0 spiro atoms. The van der Waals surface area contributed by atoms with Crippen molar-refractivity contribution in [3.8, 4) is 5.75 Å². The quantitative estimate of drug-likeness (QED) is 0.335. The Labute approximate surface area is 224 Å². The lowest BCUT2D eigenvalue weighted by atomic mass is 9.93. The van der Waals surface area contributed by atoms with Gasteiger partial charge in [-0.1, -0.05) is 24.3 Å². The maximum absolute atomic E-state index is 13.5. The van der Waals surface area contributed by atoms with Gasteiger partial charge in [-0.05, 0) is 73.8 Å². The molecule has 0 unspecified atom stereocenters. The van der Waals surface area contributed by atoms with Crippen molar-refractivity contribution in [3.63, 3.8) is 0 Å². The van der Waals surface area contributed by atoms with Gasteiger partial charge in [0.05, 0.1) is 21.9 Å². The monoisotopic (exact) mass is 527 g/mol. The minimum absolute atomic E-state index is 0.187. The number of phenolic OH excluding ortho intramolecular Hbond substituents is 1. The molecule has 200 valence electrons. The second-order valence-electron chi connectivity index (χ2n) is 10.3. The van der Waals surface area contributed by atoms with Crippen molar-refractivity contribution in [2.75, 3.05) is 19.6 Å². The number of aromatic amines is 1. The molecule has 0 aliphatic carbocycles. The van der Waals surface area contributed by atoms with Crippen LogP contribution < -0.4 is 11.2 Å². The third-order valence-corrected chi connectivity index (χ3v) is 7.77. The first kappa shape index (κ1) is 25.1. The van der Waals surface area contributed by atoms with E-state index in [9.17, 15) is 19.1 Å². The number of H-pyrrole nitrogens is 1. The number of likely N-dealkylation sites (tertiary alicyclic amines) is 1. The Balaban J connectivity index is 1.13. The van der Waals surface area contributed by atoms with Crippen molar-refractivity contribution in [1.82, 2.24) is 24.0 Å². The van der Waals surface area contributed by atoms with Crippen LogP contribution in [-0.4, -0.2) is 48.7 Å². The van der Waals surface area contributed by atoms with E-state index in [2.05, 4.69) is 14.5 Å². The Bertz CT molecular complexity index is 1750. The minimum atomic E-state index is -0.375. The van der Waals surface area contributed by atoms with Crippen LogP contribution in [0.3, 0.4) is 0 Å². The number of hydrogen-bond acceptors (Lipinski definition) is 5. The van der Waals surface area contributed by atoms with E-state index in [1.807, 2.05) is 6.07 Å². The summed E-state index contributed by atoms with van der Waals surface area (Å²) in [5.41, 5.74) is 2.58. The fourth-order valence-electron chi connectivity index (χ4n) is 5.58. The summed E-state index contributed by atoms with van der Waals surface area (Å²) in [4.78, 5) is 35.3. The van der Waals surface area contributed by atoms with Gasteiger partial charge in [0.25, 0.3) is 5.56 Å². The van der Waals surface area contributed by atoms with E-state index in [1.54, 1.807) is 48.5 Å². The zero-order valence-corrected chi connectivity index (χ0v) is 21.5. The molecule has 39 heavy (non-hydrogen) atoms. The van der Waals surface area contributed by atoms with E-state index < -0.39 is 0 Å². The smallest absolute Gasteiger partial charge is 0.328 e. The average molecular weight is 528 g/mol. The molecular weight excluding hydrogens is 497 g/mol. The molecule has 0 saturated carbocycles. The average Bonchev–Trinajstić information content (AvgIpc) is 3.26. The summed E-state index contributed by atoms with van der Waals surface area (Å²) < 4.78 is 16.9. The molecule has 9 heteroatoms. The third-order valence-electron chi connectivity index (χ3n) is 7.77. The van der Waals surface area contributed by atoms with Crippen molar-refractivity contribution in [3.05, 3.63) is 105 Å². The lowest BCUT2D eigenvalue weighted by molar-refractivity contribution is 0.176. The summed E-state index contributed by atoms with van der Waals surface area (Å²) in [7, 11) is 0. The van der Waals surface area contributed by atoms with Gasteiger partial charge < -0.3 is 19.6 Å². The van der Waals surface area contributed by atoms with Crippen LogP contribution in [0.15, 0.2) is 76.3 Å². The van der Waals surface area contributed by atoms with E-state index in [0.717, 1.165) is 54.8 Å². The summed E-state index contributed by atoms with van der Waals surface area (Å²) in [5, 5.41) is 10.6. The topological polar surface area (TPSA) is 96.2 Å². The molecule has 3 aromatic carbocycles. The van der Waals surface area contributed by atoms with Crippen LogP contribution >= 0.6 is 0 Å². The molecular formula is C30H30FN5O3. The molecule has 2 N–H and O–H groups in total. The zero-order valence-electron chi connectivity index (χ0n) is 21.5. The lowest BCUT2D eigenvalue weighted by Crippen LogP contribution is -2.41. The number of aromatic nitrogens is 4. The minimum Gasteiger partial charge on any atom is -0.508 e. The number of nitrogens with zero attached hydrogens (tertiary/aromatic N) is 4. The highest BCUT2D eigenvalue weighted by Crippen LogP contribution is 2.27. The van der Waals surface area contributed by atoms with Gasteiger partial charge in [-0.15, -0.1) is 0 Å². The molecule has 0 radical (unpaired) electrons. The summed E-state index contributed by atoms with van der Waals surface area (Å²) in [6, 6.07) is 18.7. The number of para-hydroxylation sites is 1. The summed E-state index contributed by atoms with van der Waals surface area (Å²) in [6.45, 7) is 3.29. The molecule has 0 atom stereocenters. The normalized spacial score (nSPS) is 14.9. The SMILES string of the molecule is O=c1[nH]c2ccccc2c(=O)n1CCN1CCC(Cc2nc3ccc(O)cc3n2Cc2ccc(F)cc2)CC1. The highest BCUT2D eigenvalue weighted by atomic mass is 19.1. The molecule has 3 heterocycles. The Morgan fingerprint density at radius 2 is 1.72 bits per heavy atom. The Morgan fingerprint density at radius 1 is 0.949 bits per heavy atom. The van der Waals surface area contributed by atoms with Crippen LogP contribution in [0.2, 0.25) is 0 Å². The van der Waals surface area contributed by atoms with Crippen LogP contribution in [0.1, 0.15) is 24.2 Å². The molecule has 1 aliphatic rings. The van der Waals surface area contributed by atoms with Gasteiger partial charge in [-0.25, -0.2) is 14.2 Å². The lowest BCUT2D eigenvalue weighted by Gasteiger charge is -2.32. The van der Waals surface area contributed by atoms with Crippen molar-refractivity contribution in [2.45, 2.75) is 32.4 Å². The number of piperidine rings is 1. The van der Waals surface area contributed by atoms with E-state index in [1.165, 1.54) is 16.7 Å². The Morgan fingerprint density at radius 3 is 2.51 bits per heavy atom. The number of halogens is 1. The molecule has 1 fully saturated rings. The van der Waals surface area contributed by atoms with E-state index >= 15 is 0 Å². The molecule has 0 amide bonds. The number of rotatable bonds is 7. The molecule has 1 saturated heterocycles. The fourth-order valence-corrected chi connectivity index (χ4v) is 5.58. The van der Waals surface area contributed by atoms with Gasteiger partial charge in [0.2, 0.25) is 0 Å². The Hall–Kier alpha value is -4.24. The predicted molar refractivity (Wildman–Crippen MR) is 149 cm³/mol. The maximum Gasteiger partial charge on any atom is 0.328 e.